The smallest absolute Gasteiger partial charge is 0.312 e. The van der Waals surface area contributed by atoms with Gasteiger partial charge >= 0.3 is 5.97 Å². The summed E-state index contributed by atoms with van der Waals surface area (Å²) in [5.74, 6) is -1.30. The number of aliphatic carboxylic acids is 1. The lowest BCUT2D eigenvalue weighted by molar-refractivity contribution is -0.138. The molecule has 0 spiro atoms. The number of nitrogens with one attached hydrogen (secondary N) is 1. The van der Waals surface area contributed by atoms with E-state index in [9.17, 15) is 4.79 Å². The van der Waals surface area contributed by atoms with Crippen LogP contribution in [-0.4, -0.2) is 33.9 Å². The Kier molecular flexibility index (Phi) is 2.73. The van der Waals surface area contributed by atoms with Crippen LogP contribution in [0.5, 0.6) is 0 Å². The van der Waals surface area contributed by atoms with E-state index in [-0.39, 0.29) is 0 Å². The first-order chi connectivity index (χ1) is 7.20. The maximum atomic E-state index is 10.9. The molecule has 0 saturated carbocycles. The lowest BCUT2D eigenvalue weighted by Gasteiger charge is -2.15. The highest BCUT2D eigenvalue weighted by molar-refractivity contribution is 5.74. The zero-order valence-corrected chi connectivity index (χ0v) is 8.68. The fourth-order valence-corrected chi connectivity index (χ4v) is 1.95. The normalized spacial score (nSPS) is 22.9. The van der Waals surface area contributed by atoms with Crippen LogP contribution in [0.25, 0.3) is 0 Å². The van der Waals surface area contributed by atoms with Gasteiger partial charge in [-0.15, -0.1) is 0 Å². The van der Waals surface area contributed by atoms with Gasteiger partial charge in [0.15, 0.2) is 0 Å². The summed E-state index contributed by atoms with van der Waals surface area (Å²) in [7, 11) is 0. The SMILES string of the molecule is CC(C(=O)O)c1ccnn1C1CCNC1. The van der Waals surface area contributed by atoms with Crippen LogP contribution in [0, 0.1) is 0 Å². The van der Waals surface area contributed by atoms with Gasteiger partial charge in [-0.25, -0.2) is 0 Å². The first kappa shape index (κ1) is 10.2. The van der Waals surface area contributed by atoms with Crippen molar-refractivity contribution in [1.29, 1.82) is 0 Å². The van der Waals surface area contributed by atoms with Gasteiger partial charge in [0, 0.05) is 12.7 Å². The Hall–Kier alpha value is -1.36. The number of carbonyl (C=O) groups is 1. The summed E-state index contributed by atoms with van der Waals surface area (Å²) >= 11 is 0. The van der Waals surface area contributed by atoms with E-state index in [1.165, 1.54) is 0 Å². The lowest BCUT2D eigenvalue weighted by Crippen LogP contribution is -2.20. The monoisotopic (exact) mass is 209 g/mol. The van der Waals surface area contributed by atoms with Crippen molar-refractivity contribution < 1.29 is 9.90 Å². The van der Waals surface area contributed by atoms with Gasteiger partial charge in [0.2, 0.25) is 0 Å². The molecule has 5 nitrogen and oxygen atoms in total. The van der Waals surface area contributed by atoms with Gasteiger partial charge in [-0.3, -0.25) is 9.48 Å². The molecule has 1 fully saturated rings. The van der Waals surface area contributed by atoms with Gasteiger partial charge in [0.05, 0.1) is 17.7 Å². The standard InChI is InChI=1S/C10H15N3O2/c1-7(10(14)15)9-3-5-12-13(9)8-2-4-11-6-8/h3,5,7-8,11H,2,4,6H2,1H3,(H,14,15). The van der Waals surface area contributed by atoms with Crippen molar-refractivity contribution in [3.63, 3.8) is 0 Å². The van der Waals surface area contributed by atoms with E-state index < -0.39 is 11.9 Å². The second-order valence-corrected chi connectivity index (χ2v) is 3.91. The van der Waals surface area contributed by atoms with Crippen molar-refractivity contribution in [2.45, 2.75) is 25.3 Å². The summed E-state index contributed by atoms with van der Waals surface area (Å²) in [4.78, 5) is 10.9. The number of nitrogens with zero attached hydrogens (tertiary/aromatic N) is 2. The highest BCUT2D eigenvalue weighted by Gasteiger charge is 2.24. The Morgan fingerprint density at radius 1 is 1.80 bits per heavy atom. The molecule has 0 amide bonds. The van der Waals surface area contributed by atoms with Crippen LogP contribution in [0.15, 0.2) is 12.3 Å². The topological polar surface area (TPSA) is 67.1 Å². The number of rotatable bonds is 3. The highest BCUT2D eigenvalue weighted by atomic mass is 16.4. The van der Waals surface area contributed by atoms with Crippen LogP contribution >= 0.6 is 0 Å². The van der Waals surface area contributed by atoms with Gasteiger partial charge in [-0.2, -0.15) is 5.10 Å². The number of hydrogen-bond acceptors (Lipinski definition) is 3. The molecular formula is C10H15N3O2. The van der Waals surface area contributed by atoms with E-state index >= 15 is 0 Å². The predicted octanol–water partition coefficient (Wildman–Crippen LogP) is 0.606. The van der Waals surface area contributed by atoms with Gasteiger partial charge in [-0.05, 0) is 26.0 Å². The molecule has 0 bridgehead atoms. The molecule has 1 aliphatic heterocycles. The molecule has 15 heavy (non-hydrogen) atoms. The van der Waals surface area contributed by atoms with E-state index in [1.807, 2.05) is 4.68 Å². The fourth-order valence-electron chi connectivity index (χ4n) is 1.95. The van der Waals surface area contributed by atoms with E-state index in [4.69, 9.17) is 5.11 Å². The summed E-state index contributed by atoms with van der Waals surface area (Å²) in [5.41, 5.74) is 0.788. The molecule has 82 valence electrons. The number of aromatic nitrogens is 2. The minimum atomic E-state index is -0.803. The largest absolute Gasteiger partial charge is 0.481 e. The minimum absolute atomic E-state index is 0.303. The van der Waals surface area contributed by atoms with Gasteiger partial charge in [0.25, 0.3) is 0 Å². The zero-order valence-electron chi connectivity index (χ0n) is 8.68. The molecule has 2 atom stereocenters. The molecule has 1 aromatic heterocycles. The number of carboxylic acids is 1. The maximum Gasteiger partial charge on any atom is 0.312 e. The fraction of sp³-hybridized carbons (Fsp3) is 0.600. The van der Waals surface area contributed by atoms with Gasteiger partial charge < -0.3 is 10.4 Å². The van der Waals surface area contributed by atoms with Crippen LogP contribution in [0.1, 0.15) is 31.0 Å². The summed E-state index contributed by atoms with van der Waals surface area (Å²) in [6, 6.07) is 2.09. The predicted molar refractivity (Wildman–Crippen MR) is 54.8 cm³/mol. The second kappa shape index (κ2) is 4.02. The van der Waals surface area contributed by atoms with Crippen molar-refractivity contribution in [1.82, 2.24) is 15.1 Å². The molecule has 2 N–H and O–H groups in total. The first-order valence-corrected chi connectivity index (χ1v) is 5.17. The Balaban J connectivity index is 2.24. The Morgan fingerprint density at radius 2 is 2.60 bits per heavy atom. The molecule has 1 saturated heterocycles. The Morgan fingerprint density at radius 3 is 3.20 bits per heavy atom. The Bertz CT molecular complexity index is 355. The lowest BCUT2D eigenvalue weighted by atomic mass is 10.1. The van der Waals surface area contributed by atoms with Crippen LogP contribution in [0.3, 0.4) is 0 Å². The van der Waals surface area contributed by atoms with E-state index in [0.29, 0.717) is 6.04 Å². The summed E-state index contributed by atoms with van der Waals surface area (Å²) in [6.45, 7) is 3.55. The second-order valence-electron chi connectivity index (χ2n) is 3.91. The molecule has 0 aliphatic carbocycles. The van der Waals surface area contributed by atoms with Gasteiger partial charge in [-0.1, -0.05) is 0 Å². The van der Waals surface area contributed by atoms with Crippen LogP contribution < -0.4 is 5.32 Å². The average molecular weight is 209 g/mol. The molecule has 1 aliphatic rings. The van der Waals surface area contributed by atoms with Crippen molar-refractivity contribution in [3.8, 4) is 0 Å². The first-order valence-electron chi connectivity index (χ1n) is 5.17. The third kappa shape index (κ3) is 1.87. The summed E-state index contributed by atoms with van der Waals surface area (Å²) < 4.78 is 1.85. The Labute approximate surface area is 88.1 Å². The molecule has 0 aromatic carbocycles. The van der Waals surface area contributed by atoms with Crippen molar-refractivity contribution in [3.05, 3.63) is 18.0 Å². The van der Waals surface area contributed by atoms with Crippen molar-refractivity contribution in [2.75, 3.05) is 13.1 Å². The van der Waals surface area contributed by atoms with Crippen LogP contribution in [-0.2, 0) is 4.79 Å². The quantitative estimate of drug-likeness (QED) is 0.765. The van der Waals surface area contributed by atoms with E-state index in [1.54, 1.807) is 19.2 Å². The molecule has 2 rings (SSSR count). The van der Waals surface area contributed by atoms with Crippen LogP contribution in [0.2, 0.25) is 0 Å². The molecule has 2 unspecified atom stereocenters. The summed E-state index contributed by atoms with van der Waals surface area (Å²) in [5, 5.41) is 16.4. The molecule has 0 radical (unpaired) electrons. The van der Waals surface area contributed by atoms with Gasteiger partial charge in [0.1, 0.15) is 0 Å². The minimum Gasteiger partial charge on any atom is -0.481 e. The summed E-state index contributed by atoms with van der Waals surface area (Å²) in [6.07, 6.45) is 2.69. The van der Waals surface area contributed by atoms with Crippen LogP contribution in [0.4, 0.5) is 0 Å². The molecule has 5 heteroatoms. The third-order valence-corrected chi connectivity index (χ3v) is 2.90. The van der Waals surface area contributed by atoms with Crippen molar-refractivity contribution >= 4 is 5.97 Å². The third-order valence-electron chi connectivity index (χ3n) is 2.90. The van der Waals surface area contributed by atoms with E-state index in [0.717, 1.165) is 25.2 Å². The van der Waals surface area contributed by atoms with Crippen molar-refractivity contribution in [2.24, 2.45) is 0 Å². The number of hydrogen-bond donors (Lipinski definition) is 2. The molecule has 2 heterocycles. The zero-order chi connectivity index (χ0) is 10.8. The number of carboxylic acid groups (broad SMARTS) is 1. The maximum absolute atomic E-state index is 10.9. The molecule has 1 aromatic rings. The average Bonchev–Trinajstić information content (AvgIpc) is 2.86. The molecular weight excluding hydrogens is 194 g/mol. The highest BCUT2D eigenvalue weighted by Crippen LogP contribution is 2.22. The van der Waals surface area contributed by atoms with E-state index in [2.05, 4.69) is 10.4 Å².